The molecule has 0 aliphatic heterocycles. The Hall–Kier alpha value is -1.77. The van der Waals surface area contributed by atoms with Gasteiger partial charge in [0.05, 0.1) is 5.52 Å². The van der Waals surface area contributed by atoms with Gasteiger partial charge in [-0.3, -0.25) is 4.98 Å². The Balaban J connectivity index is 2.18. The van der Waals surface area contributed by atoms with Crippen LogP contribution in [-0.4, -0.2) is 11.5 Å². The fourth-order valence-corrected chi connectivity index (χ4v) is 2.72. The van der Waals surface area contributed by atoms with E-state index in [0.717, 1.165) is 40.4 Å². The minimum Gasteiger partial charge on any atom is -0.399 e. The van der Waals surface area contributed by atoms with Crippen LogP contribution in [0.3, 0.4) is 0 Å². The Kier molecular flexibility index (Phi) is 5.43. The smallest absolute Gasteiger partial charge is 0.0727 e. The molecule has 0 saturated carbocycles. The largest absolute Gasteiger partial charge is 0.399 e. The SMILES string of the molecule is CCCCC(CC)CNc1cc(C)nc2ccc(N)cc12. The lowest BCUT2D eigenvalue weighted by atomic mass is 9.99. The molecule has 0 saturated heterocycles. The molecule has 1 atom stereocenters. The molecule has 3 N–H and O–H groups in total. The van der Waals surface area contributed by atoms with Crippen molar-refractivity contribution in [2.75, 3.05) is 17.6 Å². The predicted octanol–water partition coefficient (Wildman–Crippen LogP) is 4.75. The number of hydrogen-bond acceptors (Lipinski definition) is 3. The van der Waals surface area contributed by atoms with Crippen LogP contribution in [0, 0.1) is 12.8 Å². The van der Waals surface area contributed by atoms with Gasteiger partial charge in [-0.1, -0.05) is 33.1 Å². The Bertz CT molecular complexity index is 592. The Morgan fingerprint density at radius 1 is 1.24 bits per heavy atom. The highest BCUT2D eigenvalue weighted by molar-refractivity contribution is 5.93. The summed E-state index contributed by atoms with van der Waals surface area (Å²) in [5.41, 5.74) is 9.91. The van der Waals surface area contributed by atoms with E-state index in [1.807, 2.05) is 25.1 Å². The van der Waals surface area contributed by atoms with Gasteiger partial charge in [0.2, 0.25) is 0 Å². The molecule has 1 unspecified atom stereocenters. The van der Waals surface area contributed by atoms with Crippen LogP contribution in [0.4, 0.5) is 11.4 Å². The van der Waals surface area contributed by atoms with Crippen LogP contribution >= 0.6 is 0 Å². The molecule has 2 aromatic rings. The molecule has 1 aromatic heterocycles. The third-order valence-corrected chi connectivity index (χ3v) is 4.09. The second kappa shape index (κ2) is 7.30. The zero-order valence-corrected chi connectivity index (χ0v) is 13.4. The summed E-state index contributed by atoms with van der Waals surface area (Å²) in [6.45, 7) is 7.58. The molecule has 0 amide bonds. The van der Waals surface area contributed by atoms with Crippen molar-refractivity contribution in [2.24, 2.45) is 5.92 Å². The first-order chi connectivity index (χ1) is 10.1. The van der Waals surface area contributed by atoms with Gasteiger partial charge in [0.15, 0.2) is 0 Å². The van der Waals surface area contributed by atoms with Crippen LogP contribution in [-0.2, 0) is 0 Å². The van der Waals surface area contributed by atoms with Gasteiger partial charge in [0.25, 0.3) is 0 Å². The number of anilines is 2. The summed E-state index contributed by atoms with van der Waals surface area (Å²) >= 11 is 0. The van der Waals surface area contributed by atoms with E-state index in [0.29, 0.717) is 0 Å². The van der Waals surface area contributed by atoms with Crippen LogP contribution in [0.25, 0.3) is 10.9 Å². The van der Waals surface area contributed by atoms with E-state index in [4.69, 9.17) is 5.73 Å². The second-order valence-corrected chi connectivity index (χ2v) is 5.89. The lowest BCUT2D eigenvalue weighted by Gasteiger charge is -2.17. The monoisotopic (exact) mass is 285 g/mol. The summed E-state index contributed by atoms with van der Waals surface area (Å²) in [7, 11) is 0. The number of pyridine rings is 1. The number of aryl methyl sites for hydroxylation is 1. The average molecular weight is 285 g/mol. The van der Waals surface area contributed by atoms with Crippen molar-refractivity contribution in [2.45, 2.75) is 46.5 Å². The highest BCUT2D eigenvalue weighted by atomic mass is 14.9. The molecule has 21 heavy (non-hydrogen) atoms. The summed E-state index contributed by atoms with van der Waals surface area (Å²) < 4.78 is 0. The lowest BCUT2D eigenvalue weighted by Crippen LogP contribution is -2.14. The van der Waals surface area contributed by atoms with Crippen molar-refractivity contribution in [1.29, 1.82) is 0 Å². The molecule has 0 aliphatic carbocycles. The van der Waals surface area contributed by atoms with Gasteiger partial charge >= 0.3 is 0 Å². The topological polar surface area (TPSA) is 50.9 Å². The molecule has 0 bridgehead atoms. The van der Waals surface area contributed by atoms with Crippen molar-refractivity contribution < 1.29 is 0 Å². The maximum absolute atomic E-state index is 5.92. The highest BCUT2D eigenvalue weighted by Gasteiger charge is 2.08. The lowest BCUT2D eigenvalue weighted by molar-refractivity contribution is 0.473. The Morgan fingerprint density at radius 3 is 2.76 bits per heavy atom. The Morgan fingerprint density at radius 2 is 2.05 bits per heavy atom. The summed E-state index contributed by atoms with van der Waals surface area (Å²) in [4.78, 5) is 4.58. The second-order valence-electron chi connectivity index (χ2n) is 5.89. The van der Waals surface area contributed by atoms with Crippen LogP contribution in [0.15, 0.2) is 24.3 Å². The van der Waals surface area contributed by atoms with Gasteiger partial charge in [-0.05, 0) is 43.5 Å². The maximum atomic E-state index is 5.92. The molecule has 2 rings (SSSR count). The van der Waals surface area contributed by atoms with Crippen molar-refractivity contribution in [3.8, 4) is 0 Å². The van der Waals surface area contributed by atoms with Gasteiger partial charge in [0, 0.05) is 29.0 Å². The number of nitrogens with zero attached hydrogens (tertiary/aromatic N) is 1. The number of aromatic nitrogens is 1. The number of hydrogen-bond donors (Lipinski definition) is 2. The third-order valence-electron chi connectivity index (χ3n) is 4.09. The molecule has 0 radical (unpaired) electrons. The van der Waals surface area contributed by atoms with Gasteiger partial charge in [-0.2, -0.15) is 0 Å². The first kappa shape index (κ1) is 15.6. The average Bonchev–Trinajstić information content (AvgIpc) is 2.48. The van der Waals surface area contributed by atoms with Crippen LogP contribution in [0.5, 0.6) is 0 Å². The zero-order valence-electron chi connectivity index (χ0n) is 13.4. The number of nitrogens with two attached hydrogens (primary N) is 1. The predicted molar refractivity (Wildman–Crippen MR) is 92.7 cm³/mol. The van der Waals surface area contributed by atoms with Crippen molar-refractivity contribution in [3.05, 3.63) is 30.0 Å². The van der Waals surface area contributed by atoms with Crippen LogP contribution in [0.2, 0.25) is 0 Å². The summed E-state index contributed by atoms with van der Waals surface area (Å²) in [5.74, 6) is 0.731. The Labute approximate surface area is 128 Å². The summed E-state index contributed by atoms with van der Waals surface area (Å²) in [6, 6.07) is 8.04. The molecular weight excluding hydrogens is 258 g/mol. The molecule has 0 spiro atoms. The molecule has 0 aliphatic rings. The van der Waals surface area contributed by atoms with E-state index in [1.54, 1.807) is 0 Å². The number of nitrogens with one attached hydrogen (secondary N) is 1. The number of rotatable bonds is 7. The third kappa shape index (κ3) is 4.10. The minimum atomic E-state index is 0.731. The van der Waals surface area contributed by atoms with Gasteiger partial charge < -0.3 is 11.1 Å². The molecule has 3 nitrogen and oxygen atoms in total. The first-order valence-electron chi connectivity index (χ1n) is 8.04. The van der Waals surface area contributed by atoms with Gasteiger partial charge in [0.1, 0.15) is 0 Å². The molecule has 1 aromatic carbocycles. The molecular formula is C18H27N3. The summed E-state index contributed by atoms with van der Waals surface area (Å²) in [6.07, 6.45) is 5.09. The normalized spacial score (nSPS) is 12.5. The number of fused-ring (bicyclic) bond motifs is 1. The van der Waals surface area contributed by atoms with E-state index in [9.17, 15) is 0 Å². The van der Waals surface area contributed by atoms with Crippen molar-refractivity contribution in [1.82, 2.24) is 4.98 Å². The number of nitrogen functional groups attached to an aromatic ring is 1. The summed E-state index contributed by atoms with van der Waals surface area (Å²) in [5, 5.41) is 4.74. The fraction of sp³-hybridized carbons (Fsp3) is 0.500. The number of unbranched alkanes of at least 4 members (excludes halogenated alkanes) is 1. The van der Waals surface area contributed by atoms with Crippen molar-refractivity contribution >= 4 is 22.3 Å². The first-order valence-corrected chi connectivity index (χ1v) is 8.04. The van der Waals surface area contributed by atoms with E-state index in [1.165, 1.54) is 25.7 Å². The van der Waals surface area contributed by atoms with Gasteiger partial charge in [-0.15, -0.1) is 0 Å². The molecule has 0 fully saturated rings. The quantitative estimate of drug-likeness (QED) is 0.721. The highest BCUT2D eigenvalue weighted by Crippen LogP contribution is 2.26. The minimum absolute atomic E-state index is 0.731. The maximum Gasteiger partial charge on any atom is 0.0727 e. The standard InChI is InChI=1S/C18H27N3/c1-4-6-7-14(5-2)12-20-18-10-13(3)21-17-9-8-15(19)11-16(17)18/h8-11,14H,4-7,12,19H2,1-3H3,(H,20,21). The van der Waals surface area contributed by atoms with E-state index < -0.39 is 0 Å². The van der Waals surface area contributed by atoms with E-state index >= 15 is 0 Å². The van der Waals surface area contributed by atoms with Crippen LogP contribution in [0.1, 0.15) is 45.2 Å². The number of benzene rings is 1. The van der Waals surface area contributed by atoms with E-state index in [2.05, 4.69) is 30.2 Å². The molecule has 3 heteroatoms. The van der Waals surface area contributed by atoms with Crippen LogP contribution < -0.4 is 11.1 Å². The molecule has 1 heterocycles. The van der Waals surface area contributed by atoms with E-state index in [-0.39, 0.29) is 0 Å². The van der Waals surface area contributed by atoms with Crippen molar-refractivity contribution in [3.63, 3.8) is 0 Å². The zero-order chi connectivity index (χ0) is 15.2. The fourth-order valence-electron chi connectivity index (χ4n) is 2.72. The van der Waals surface area contributed by atoms with Gasteiger partial charge in [-0.25, -0.2) is 0 Å². The molecule has 114 valence electrons.